The van der Waals surface area contributed by atoms with E-state index in [1.54, 1.807) is 5.01 Å². The Morgan fingerprint density at radius 2 is 1.89 bits per heavy atom. The van der Waals surface area contributed by atoms with Crippen molar-refractivity contribution in [2.45, 2.75) is 31.1 Å². The fraction of sp³-hybridized carbons (Fsp3) is 0.185. The molecule has 2 amide bonds. The second kappa shape index (κ2) is 10.2. The molecule has 2 aliphatic heterocycles. The van der Waals surface area contributed by atoms with Crippen LogP contribution in [0.1, 0.15) is 35.6 Å². The minimum Gasteiger partial charge on any atom is -0.326 e. The number of thioether (sulfide) groups is 1. The Hall–Kier alpha value is -3.49. The third-order valence-electron chi connectivity index (χ3n) is 5.95. The summed E-state index contributed by atoms with van der Waals surface area (Å²) >= 11 is 7.49. The maximum Gasteiger partial charge on any atom is 0.262 e. The van der Waals surface area contributed by atoms with E-state index in [1.807, 2.05) is 55.5 Å². The molecule has 0 aromatic heterocycles. The molecule has 2 heterocycles. The number of amides is 2. The molecule has 0 spiro atoms. The molecule has 2 atom stereocenters. The SMILES string of the molecule is Cc1ccc(C2=NN(C3=NC(=O)C(CC(=O)Nc4ccc(F)cc4)S3)C(c3cccc(Cl)c3)C2)cc1. The van der Waals surface area contributed by atoms with Crippen LogP contribution in [-0.2, 0) is 9.59 Å². The van der Waals surface area contributed by atoms with Crippen LogP contribution in [0.3, 0.4) is 0 Å². The first-order chi connectivity index (χ1) is 17.4. The van der Waals surface area contributed by atoms with Crippen LogP contribution in [0.2, 0.25) is 5.02 Å². The van der Waals surface area contributed by atoms with Gasteiger partial charge in [-0.05, 0) is 54.4 Å². The van der Waals surface area contributed by atoms with Crippen LogP contribution in [0.15, 0.2) is 82.9 Å². The Balaban J connectivity index is 1.35. The molecule has 0 bridgehead atoms. The molecule has 5 rings (SSSR count). The van der Waals surface area contributed by atoms with Crippen LogP contribution in [0.4, 0.5) is 10.1 Å². The second-order valence-corrected chi connectivity index (χ2v) is 10.2. The second-order valence-electron chi connectivity index (χ2n) is 8.63. The monoisotopic (exact) mass is 520 g/mol. The molecule has 36 heavy (non-hydrogen) atoms. The first-order valence-electron chi connectivity index (χ1n) is 11.4. The average Bonchev–Trinajstić information content (AvgIpc) is 3.45. The van der Waals surface area contributed by atoms with Crippen molar-refractivity contribution in [3.05, 3.63) is 100 Å². The number of nitrogens with one attached hydrogen (secondary N) is 1. The van der Waals surface area contributed by atoms with Gasteiger partial charge in [-0.25, -0.2) is 9.40 Å². The summed E-state index contributed by atoms with van der Waals surface area (Å²) in [4.78, 5) is 29.5. The van der Waals surface area contributed by atoms with E-state index in [0.29, 0.717) is 22.3 Å². The zero-order valence-electron chi connectivity index (χ0n) is 19.3. The van der Waals surface area contributed by atoms with E-state index < -0.39 is 11.1 Å². The summed E-state index contributed by atoms with van der Waals surface area (Å²) in [5.41, 5.74) is 4.46. The number of aryl methyl sites for hydroxylation is 1. The van der Waals surface area contributed by atoms with Gasteiger partial charge in [0.25, 0.3) is 5.91 Å². The number of halogens is 2. The summed E-state index contributed by atoms with van der Waals surface area (Å²) in [6, 6.07) is 21.0. The quantitative estimate of drug-likeness (QED) is 0.450. The topological polar surface area (TPSA) is 74.1 Å². The molecular formula is C27H22ClFN4O2S. The summed E-state index contributed by atoms with van der Waals surface area (Å²) in [5, 5.41) is 9.71. The Bertz CT molecular complexity index is 1380. The first-order valence-corrected chi connectivity index (χ1v) is 12.7. The summed E-state index contributed by atoms with van der Waals surface area (Å²) in [7, 11) is 0. The minimum absolute atomic E-state index is 0.0575. The number of anilines is 1. The van der Waals surface area contributed by atoms with E-state index in [-0.39, 0.29) is 24.3 Å². The van der Waals surface area contributed by atoms with Gasteiger partial charge in [0, 0.05) is 23.6 Å². The van der Waals surface area contributed by atoms with E-state index in [1.165, 1.54) is 36.0 Å². The fourth-order valence-corrected chi connectivity index (χ4v) is 5.36. The molecule has 9 heteroatoms. The lowest BCUT2D eigenvalue weighted by Crippen LogP contribution is -2.25. The van der Waals surface area contributed by atoms with Crippen LogP contribution in [0.5, 0.6) is 0 Å². The van der Waals surface area contributed by atoms with Crippen molar-refractivity contribution in [3.63, 3.8) is 0 Å². The summed E-state index contributed by atoms with van der Waals surface area (Å²) in [5.74, 6) is -1.12. The lowest BCUT2D eigenvalue weighted by atomic mass is 9.98. The van der Waals surface area contributed by atoms with Crippen molar-refractivity contribution in [1.29, 1.82) is 0 Å². The van der Waals surface area contributed by atoms with Crippen LogP contribution in [0, 0.1) is 12.7 Å². The van der Waals surface area contributed by atoms with Crippen molar-refractivity contribution in [1.82, 2.24) is 5.01 Å². The summed E-state index contributed by atoms with van der Waals surface area (Å²) in [6.07, 6.45) is 0.560. The molecule has 0 saturated carbocycles. The van der Waals surface area contributed by atoms with Gasteiger partial charge in [0.1, 0.15) is 11.1 Å². The molecule has 2 aliphatic rings. The van der Waals surface area contributed by atoms with Gasteiger partial charge in [0.2, 0.25) is 5.91 Å². The van der Waals surface area contributed by atoms with E-state index in [2.05, 4.69) is 10.3 Å². The van der Waals surface area contributed by atoms with Crippen molar-refractivity contribution in [2.75, 3.05) is 5.32 Å². The predicted molar refractivity (Wildman–Crippen MR) is 142 cm³/mol. The van der Waals surface area contributed by atoms with Crippen LogP contribution >= 0.6 is 23.4 Å². The van der Waals surface area contributed by atoms with Crippen molar-refractivity contribution in [2.24, 2.45) is 10.1 Å². The smallest absolute Gasteiger partial charge is 0.262 e. The average molecular weight is 521 g/mol. The molecule has 182 valence electrons. The molecule has 6 nitrogen and oxygen atoms in total. The number of amidine groups is 1. The largest absolute Gasteiger partial charge is 0.326 e. The molecule has 0 aliphatic carbocycles. The van der Waals surface area contributed by atoms with Gasteiger partial charge in [0.05, 0.1) is 11.8 Å². The van der Waals surface area contributed by atoms with E-state index in [0.717, 1.165) is 22.4 Å². The van der Waals surface area contributed by atoms with Crippen molar-refractivity contribution < 1.29 is 14.0 Å². The number of nitrogens with zero attached hydrogens (tertiary/aromatic N) is 3. The first kappa shape index (κ1) is 24.2. The number of hydrazone groups is 1. The van der Waals surface area contributed by atoms with Crippen LogP contribution in [0.25, 0.3) is 0 Å². The molecule has 0 fully saturated rings. The Morgan fingerprint density at radius 3 is 2.61 bits per heavy atom. The standard InChI is InChI=1S/C27H22ClFN4O2S/c1-16-5-7-17(8-6-16)22-14-23(18-3-2-4-19(28)13-18)33(32-22)27-31-26(35)24(36-27)15-25(34)30-21-11-9-20(29)10-12-21/h2-13,23-24H,14-15H2,1H3,(H,30,34). The third kappa shape index (κ3) is 5.34. The molecule has 3 aromatic rings. The van der Waals surface area contributed by atoms with Gasteiger partial charge in [0.15, 0.2) is 5.17 Å². The molecule has 0 radical (unpaired) electrons. The summed E-state index contributed by atoms with van der Waals surface area (Å²) in [6.45, 7) is 2.03. The summed E-state index contributed by atoms with van der Waals surface area (Å²) < 4.78 is 13.1. The van der Waals surface area contributed by atoms with Gasteiger partial charge in [-0.3, -0.25) is 9.59 Å². The maximum absolute atomic E-state index is 13.1. The number of benzene rings is 3. The normalized spacial score (nSPS) is 19.3. The van der Waals surface area contributed by atoms with Gasteiger partial charge in [-0.1, -0.05) is 65.3 Å². The van der Waals surface area contributed by atoms with Crippen molar-refractivity contribution >= 4 is 51.7 Å². The maximum atomic E-state index is 13.1. The van der Waals surface area contributed by atoms with Gasteiger partial charge in [-0.15, -0.1) is 0 Å². The molecule has 2 unspecified atom stereocenters. The number of hydrogen-bond donors (Lipinski definition) is 1. The molecule has 0 saturated heterocycles. The highest BCUT2D eigenvalue weighted by Crippen LogP contribution is 2.39. The highest BCUT2D eigenvalue weighted by atomic mass is 35.5. The van der Waals surface area contributed by atoms with E-state index >= 15 is 0 Å². The number of carbonyl (C=O) groups excluding carboxylic acids is 2. The van der Waals surface area contributed by atoms with Gasteiger partial charge in [-0.2, -0.15) is 10.1 Å². The Morgan fingerprint density at radius 1 is 1.14 bits per heavy atom. The van der Waals surface area contributed by atoms with Crippen LogP contribution < -0.4 is 5.32 Å². The van der Waals surface area contributed by atoms with Crippen LogP contribution in [-0.4, -0.2) is 33.0 Å². The lowest BCUT2D eigenvalue weighted by molar-refractivity contribution is -0.121. The van der Waals surface area contributed by atoms with Gasteiger partial charge >= 0.3 is 0 Å². The lowest BCUT2D eigenvalue weighted by Gasteiger charge is -2.23. The highest BCUT2D eigenvalue weighted by Gasteiger charge is 2.39. The number of aliphatic imine (C=N–C) groups is 1. The third-order valence-corrected chi connectivity index (χ3v) is 7.33. The number of hydrogen-bond acceptors (Lipinski definition) is 5. The molecule has 3 aromatic carbocycles. The predicted octanol–water partition coefficient (Wildman–Crippen LogP) is 5.97. The van der Waals surface area contributed by atoms with Crippen molar-refractivity contribution in [3.8, 4) is 0 Å². The Labute approximate surface area is 217 Å². The minimum atomic E-state index is -0.668. The Kier molecular flexibility index (Phi) is 6.89. The fourth-order valence-electron chi connectivity index (χ4n) is 4.10. The highest BCUT2D eigenvalue weighted by molar-refractivity contribution is 8.15. The van der Waals surface area contributed by atoms with E-state index in [9.17, 15) is 14.0 Å². The number of carbonyl (C=O) groups is 2. The molecular weight excluding hydrogens is 499 g/mol. The zero-order chi connectivity index (χ0) is 25.2. The van der Waals surface area contributed by atoms with E-state index in [4.69, 9.17) is 16.7 Å². The zero-order valence-corrected chi connectivity index (χ0v) is 20.9. The molecule has 1 N–H and O–H groups in total. The number of rotatable bonds is 5. The van der Waals surface area contributed by atoms with Gasteiger partial charge < -0.3 is 5.32 Å².